The van der Waals surface area contributed by atoms with E-state index in [2.05, 4.69) is 5.32 Å². The monoisotopic (exact) mass is 586 g/mol. The number of carbonyl (C=O) groups excluding carboxylic acids is 2. The Labute approximate surface area is 253 Å². The molecule has 0 aliphatic rings. The van der Waals surface area contributed by atoms with E-state index in [1.165, 1.54) is 0 Å². The van der Waals surface area contributed by atoms with Crippen molar-refractivity contribution in [3.05, 3.63) is 89.9 Å². The standard InChI is InChI=1S/C35H42N2O6/c1-8-40-30-20-16-26-11-9-10-12-29(26)32(30)36-31(38)23-37(22-28-17-13-24(2)41-28)21-25-14-18-27(19-15-25)42-35(6,7)33(39)43-34(3,4)5/h9-20H,8,21-23H2,1-7H3,(H,36,38). The lowest BCUT2D eigenvalue weighted by atomic mass is 10.1. The fourth-order valence-corrected chi connectivity index (χ4v) is 4.65. The number of ether oxygens (including phenoxy) is 3. The number of benzene rings is 3. The van der Waals surface area contributed by atoms with E-state index in [1.54, 1.807) is 13.8 Å². The summed E-state index contributed by atoms with van der Waals surface area (Å²) in [5, 5.41) is 5.04. The summed E-state index contributed by atoms with van der Waals surface area (Å²) in [6.45, 7) is 14.2. The van der Waals surface area contributed by atoms with Gasteiger partial charge in [-0.3, -0.25) is 9.69 Å². The van der Waals surface area contributed by atoms with Crippen LogP contribution in [-0.4, -0.2) is 41.1 Å². The van der Waals surface area contributed by atoms with Gasteiger partial charge in [-0.25, -0.2) is 4.79 Å². The number of nitrogens with zero attached hydrogens (tertiary/aromatic N) is 1. The second-order valence-corrected chi connectivity index (χ2v) is 12.1. The largest absolute Gasteiger partial charge is 0.492 e. The van der Waals surface area contributed by atoms with Gasteiger partial charge < -0.3 is 23.9 Å². The van der Waals surface area contributed by atoms with Crippen LogP contribution in [0.2, 0.25) is 0 Å². The van der Waals surface area contributed by atoms with E-state index in [9.17, 15) is 9.59 Å². The molecule has 0 atom stereocenters. The Balaban J connectivity index is 1.50. The smallest absolute Gasteiger partial charge is 0.350 e. The van der Waals surface area contributed by atoms with E-state index in [0.717, 1.165) is 27.9 Å². The van der Waals surface area contributed by atoms with Crippen molar-refractivity contribution in [3.8, 4) is 11.5 Å². The quantitative estimate of drug-likeness (QED) is 0.175. The molecule has 0 fully saturated rings. The molecule has 43 heavy (non-hydrogen) atoms. The van der Waals surface area contributed by atoms with Gasteiger partial charge in [0.05, 0.1) is 25.4 Å². The first kappa shape index (κ1) is 31.6. The summed E-state index contributed by atoms with van der Waals surface area (Å²) in [5.41, 5.74) is -0.133. The molecule has 1 heterocycles. The molecule has 8 nitrogen and oxygen atoms in total. The molecule has 4 rings (SSSR count). The third kappa shape index (κ3) is 8.85. The molecule has 0 aliphatic heterocycles. The van der Waals surface area contributed by atoms with Gasteiger partial charge in [-0.2, -0.15) is 0 Å². The Morgan fingerprint density at radius 3 is 2.26 bits per heavy atom. The summed E-state index contributed by atoms with van der Waals surface area (Å²) >= 11 is 0. The predicted octanol–water partition coefficient (Wildman–Crippen LogP) is 7.28. The molecular weight excluding hydrogens is 544 g/mol. The highest BCUT2D eigenvalue weighted by Gasteiger charge is 2.34. The van der Waals surface area contributed by atoms with Gasteiger partial charge in [-0.1, -0.05) is 42.5 Å². The third-order valence-electron chi connectivity index (χ3n) is 6.59. The topological polar surface area (TPSA) is 90.2 Å². The number of esters is 1. The zero-order valence-corrected chi connectivity index (χ0v) is 26.2. The van der Waals surface area contributed by atoms with Crippen LogP contribution in [-0.2, 0) is 27.4 Å². The van der Waals surface area contributed by atoms with Crippen LogP contribution >= 0.6 is 0 Å². The lowest BCUT2D eigenvalue weighted by molar-refractivity contribution is -0.170. The fraction of sp³-hybridized carbons (Fsp3) is 0.371. The van der Waals surface area contributed by atoms with Crippen molar-refractivity contribution in [3.63, 3.8) is 0 Å². The maximum atomic E-state index is 13.5. The molecule has 1 aromatic heterocycles. The highest BCUT2D eigenvalue weighted by Crippen LogP contribution is 2.33. The molecule has 0 unspecified atom stereocenters. The zero-order chi connectivity index (χ0) is 31.2. The molecule has 0 radical (unpaired) electrons. The summed E-state index contributed by atoms with van der Waals surface area (Å²) in [6.07, 6.45) is 0. The minimum Gasteiger partial charge on any atom is -0.492 e. The van der Waals surface area contributed by atoms with Gasteiger partial charge in [-0.15, -0.1) is 0 Å². The molecule has 0 bridgehead atoms. The first-order valence-corrected chi connectivity index (χ1v) is 14.6. The average Bonchev–Trinajstić information content (AvgIpc) is 3.34. The van der Waals surface area contributed by atoms with E-state index in [-0.39, 0.29) is 12.5 Å². The molecule has 3 aromatic carbocycles. The summed E-state index contributed by atoms with van der Waals surface area (Å²) in [6, 6.07) is 23.1. The van der Waals surface area contributed by atoms with Crippen LogP contribution in [0.25, 0.3) is 10.8 Å². The Bertz CT molecular complexity index is 1550. The molecule has 8 heteroatoms. The Kier molecular flexibility index (Phi) is 9.81. The third-order valence-corrected chi connectivity index (χ3v) is 6.59. The zero-order valence-electron chi connectivity index (χ0n) is 26.2. The number of aryl methyl sites for hydroxylation is 1. The molecule has 0 saturated heterocycles. The first-order valence-electron chi connectivity index (χ1n) is 14.6. The van der Waals surface area contributed by atoms with Crippen LogP contribution in [0.4, 0.5) is 5.69 Å². The lowest BCUT2D eigenvalue weighted by Gasteiger charge is -2.29. The Morgan fingerprint density at radius 2 is 1.60 bits per heavy atom. The number of nitrogens with one attached hydrogen (secondary N) is 1. The minimum atomic E-state index is -1.15. The van der Waals surface area contributed by atoms with Crippen LogP contribution in [0.15, 0.2) is 77.2 Å². The van der Waals surface area contributed by atoms with Crippen LogP contribution in [0, 0.1) is 6.92 Å². The van der Waals surface area contributed by atoms with Gasteiger partial charge in [0, 0.05) is 11.9 Å². The first-order chi connectivity index (χ1) is 20.3. The molecule has 228 valence electrons. The van der Waals surface area contributed by atoms with Crippen molar-refractivity contribution in [2.45, 2.75) is 72.8 Å². The van der Waals surface area contributed by atoms with E-state index in [4.69, 9.17) is 18.6 Å². The Morgan fingerprint density at radius 1 is 0.884 bits per heavy atom. The van der Waals surface area contributed by atoms with Gasteiger partial charge in [0.2, 0.25) is 5.91 Å². The number of carbonyl (C=O) groups is 2. The van der Waals surface area contributed by atoms with Crippen LogP contribution in [0.3, 0.4) is 0 Å². The molecule has 0 spiro atoms. The van der Waals surface area contributed by atoms with E-state index < -0.39 is 17.2 Å². The van der Waals surface area contributed by atoms with Crippen LogP contribution in [0.5, 0.6) is 11.5 Å². The normalized spacial score (nSPS) is 11.9. The van der Waals surface area contributed by atoms with Crippen LogP contribution < -0.4 is 14.8 Å². The summed E-state index contributed by atoms with van der Waals surface area (Å²) in [5.74, 6) is 2.15. The SMILES string of the molecule is CCOc1ccc2ccccc2c1NC(=O)CN(Cc1ccc(OC(C)(C)C(=O)OC(C)(C)C)cc1)Cc1ccc(C)o1. The summed E-state index contributed by atoms with van der Waals surface area (Å²) in [7, 11) is 0. The van der Waals surface area contributed by atoms with Gasteiger partial charge >= 0.3 is 5.97 Å². The number of fused-ring (bicyclic) bond motifs is 1. The van der Waals surface area contributed by atoms with Crippen molar-refractivity contribution in [2.75, 3.05) is 18.5 Å². The van der Waals surface area contributed by atoms with Gasteiger partial charge in [0.25, 0.3) is 0 Å². The highest BCUT2D eigenvalue weighted by molar-refractivity contribution is 6.05. The number of hydrogen-bond donors (Lipinski definition) is 1. The van der Waals surface area contributed by atoms with Gasteiger partial charge in [-0.05, 0) is 89.7 Å². The summed E-state index contributed by atoms with van der Waals surface area (Å²) in [4.78, 5) is 28.1. The average molecular weight is 587 g/mol. The molecule has 1 amide bonds. The fourth-order valence-electron chi connectivity index (χ4n) is 4.65. The molecular formula is C35H42N2O6. The number of anilines is 1. The predicted molar refractivity (Wildman–Crippen MR) is 168 cm³/mol. The Hall–Kier alpha value is -4.30. The number of hydrogen-bond acceptors (Lipinski definition) is 7. The lowest BCUT2D eigenvalue weighted by Crippen LogP contribution is -2.43. The van der Waals surface area contributed by atoms with Crippen molar-refractivity contribution >= 4 is 28.3 Å². The van der Waals surface area contributed by atoms with E-state index in [0.29, 0.717) is 36.9 Å². The number of amides is 1. The molecule has 0 aliphatic carbocycles. The van der Waals surface area contributed by atoms with Crippen molar-refractivity contribution < 1.29 is 28.2 Å². The number of rotatable bonds is 12. The highest BCUT2D eigenvalue weighted by atomic mass is 16.6. The molecule has 1 N–H and O–H groups in total. The van der Waals surface area contributed by atoms with Crippen molar-refractivity contribution in [1.29, 1.82) is 0 Å². The van der Waals surface area contributed by atoms with E-state index >= 15 is 0 Å². The van der Waals surface area contributed by atoms with Crippen molar-refractivity contribution in [1.82, 2.24) is 4.90 Å². The number of furan rings is 1. The second kappa shape index (κ2) is 13.3. The summed E-state index contributed by atoms with van der Waals surface area (Å²) < 4.78 is 23.2. The van der Waals surface area contributed by atoms with E-state index in [1.807, 2.05) is 112 Å². The maximum Gasteiger partial charge on any atom is 0.350 e. The van der Waals surface area contributed by atoms with Crippen LogP contribution in [0.1, 0.15) is 58.6 Å². The molecule has 4 aromatic rings. The van der Waals surface area contributed by atoms with Crippen molar-refractivity contribution in [2.24, 2.45) is 0 Å². The molecule has 0 saturated carbocycles. The minimum absolute atomic E-state index is 0.123. The van der Waals surface area contributed by atoms with Gasteiger partial charge in [0.1, 0.15) is 28.6 Å². The second-order valence-electron chi connectivity index (χ2n) is 12.1. The van der Waals surface area contributed by atoms with Gasteiger partial charge in [0.15, 0.2) is 5.60 Å². The maximum absolute atomic E-state index is 13.5.